The molecule has 0 saturated heterocycles. The molecule has 2 atom stereocenters. The molecule has 1 aromatic heterocycles. The van der Waals surface area contributed by atoms with Crippen molar-refractivity contribution in [3.05, 3.63) is 69.8 Å². The van der Waals surface area contributed by atoms with E-state index in [9.17, 15) is 10.1 Å². The zero-order chi connectivity index (χ0) is 18.8. The van der Waals surface area contributed by atoms with E-state index in [1.54, 1.807) is 12.1 Å². The highest BCUT2D eigenvalue weighted by molar-refractivity contribution is 5.80. The van der Waals surface area contributed by atoms with Gasteiger partial charge >= 0.3 is 0 Å². The molecule has 0 unspecified atom stereocenters. The average molecular weight is 361 g/mol. The molecule has 0 fully saturated rings. The first kappa shape index (κ1) is 16.1. The summed E-state index contributed by atoms with van der Waals surface area (Å²) in [6.07, 6.45) is 0. The lowest BCUT2D eigenvalue weighted by molar-refractivity contribution is -0.385. The number of hydrogen-bond acceptors (Lipinski definition) is 5. The SMILES string of the molecule is CC1(C)c2cc([N+](=O)[O-])ccc2N[C@@H]2c3cc4ccccc4nc3OC[C@H]21. The number of ether oxygens (including phenoxy) is 1. The Balaban J connectivity index is 1.66. The van der Waals surface area contributed by atoms with Crippen LogP contribution < -0.4 is 10.1 Å². The molecule has 0 amide bonds. The second-order valence-electron chi connectivity index (χ2n) is 7.82. The van der Waals surface area contributed by atoms with Gasteiger partial charge in [0.05, 0.1) is 23.1 Å². The van der Waals surface area contributed by atoms with Crippen LogP contribution in [0.4, 0.5) is 11.4 Å². The lowest BCUT2D eigenvalue weighted by atomic mass is 9.65. The number of rotatable bonds is 1. The number of para-hydroxylation sites is 1. The predicted octanol–water partition coefficient (Wildman–Crippen LogP) is 4.60. The van der Waals surface area contributed by atoms with Crippen molar-refractivity contribution in [1.29, 1.82) is 0 Å². The number of fused-ring (bicyclic) bond motifs is 5. The fraction of sp³-hybridized carbons (Fsp3) is 0.286. The van der Waals surface area contributed by atoms with Crippen LogP contribution in [0.5, 0.6) is 5.88 Å². The van der Waals surface area contributed by atoms with Gasteiger partial charge < -0.3 is 10.1 Å². The van der Waals surface area contributed by atoms with Gasteiger partial charge in [0.2, 0.25) is 5.88 Å². The van der Waals surface area contributed by atoms with Crippen LogP contribution in [-0.2, 0) is 5.41 Å². The third kappa shape index (κ3) is 2.29. The summed E-state index contributed by atoms with van der Waals surface area (Å²) in [5.74, 6) is 0.811. The second kappa shape index (κ2) is 5.42. The smallest absolute Gasteiger partial charge is 0.269 e. The van der Waals surface area contributed by atoms with Gasteiger partial charge in [0.25, 0.3) is 5.69 Å². The van der Waals surface area contributed by atoms with E-state index in [-0.39, 0.29) is 28.0 Å². The highest BCUT2D eigenvalue weighted by Crippen LogP contribution is 2.52. The number of aromatic nitrogens is 1. The molecule has 3 heterocycles. The van der Waals surface area contributed by atoms with Gasteiger partial charge in [-0.25, -0.2) is 4.98 Å². The number of benzene rings is 2. The minimum absolute atomic E-state index is 0.0508. The molecule has 2 aliphatic heterocycles. The van der Waals surface area contributed by atoms with E-state index in [1.165, 1.54) is 0 Å². The maximum Gasteiger partial charge on any atom is 0.269 e. The maximum absolute atomic E-state index is 11.2. The Kier molecular flexibility index (Phi) is 3.22. The van der Waals surface area contributed by atoms with Gasteiger partial charge in [-0.05, 0) is 23.8 Å². The highest BCUT2D eigenvalue weighted by atomic mass is 16.6. The lowest BCUT2D eigenvalue weighted by Crippen LogP contribution is -2.46. The number of nitro benzene ring substituents is 1. The molecule has 6 nitrogen and oxygen atoms in total. The number of anilines is 1. The van der Waals surface area contributed by atoms with Gasteiger partial charge in [-0.3, -0.25) is 10.1 Å². The predicted molar refractivity (Wildman–Crippen MR) is 103 cm³/mol. The number of hydrogen-bond donors (Lipinski definition) is 1. The first-order valence-corrected chi connectivity index (χ1v) is 9.03. The molecule has 0 aliphatic carbocycles. The number of non-ortho nitro benzene ring substituents is 1. The van der Waals surface area contributed by atoms with Crippen molar-refractivity contribution in [2.24, 2.45) is 5.92 Å². The Labute approximate surface area is 156 Å². The number of nitrogens with one attached hydrogen (secondary N) is 1. The Morgan fingerprint density at radius 1 is 1.22 bits per heavy atom. The van der Waals surface area contributed by atoms with Crippen molar-refractivity contribution < 1.29 is 9.66 Å². The monoisotopic (exact) mass is 361 g/mol. The third-order valence-electron chi connectivity index (χ3n) is 6.00. The van der Waals surface area contributed by atoms with Gasteiger partial charge in [0.15, 0.2) is 0 Å². The van der Waals surface area contributed by atoms with Crippen LogP contribution >= 0.6 is 0 Å². The summed E-state index contributed by atoms with van der Waals surface area (Å²) in [5.41, 5.74) is 3.70. The molecule has 2 aliphatic rings. The number of nitrogens with zero attached hydrogens (tertiary/aromatic N) is 2. The van der Waals surface area contributed by atoms with Crippen molar-refractivity contribution >= 4 is 22.3 Å². The first-order valence-electron chi connectivity index (χ1n) is 9.03. The largest absolute Gasteiger partial charge is 0.477 e. The summed E-state index contributed by atoms with van der Waals surface area (Å²) >= 11 is 0. The second-order valence-corrected chi connectivity index (χ2v) is 7.82. The number of pyridine rings is 1. The van der Waals surface area contributed by atoms with E-state index in [0.717, 1.165) is 27.7 Å². The standard InChI is InChI=1S/C21H19N3O3/c1-21(2)15-10-13(24(25)26)7-8-18(15)22-19-14-9-12-5-3-4-6-17(12)23-20(14)27-11-16(19)21/h3-10,16,19,22H,11H2,1-2H3/t16-,19-/m1/s1. The van der Waals surface area contributed by atoms with E-state index in [2.05, 4.69) is 31.3 Å². The summed E-state index contributed by atoms with van der Waals surface area (Å²) in [5, 5.41) is 15.9. The number of nitro groups is 1. The minimum atomic E-state index is -0.342. The van der Waals surface area contributed by atoms with Crippen LogP contribution in [0.2, 0.25) is 0 Å². The average Bonchev–Trinajstić information content (AvgIpc) is 2.66. The first-order chi connectivity index (χ1) is 12.9. The van der Waals surface area contributed by atoms with Crippen molar-refractivity contribution in [1.82, 2.24) is 4.98 Å². The van der Waals surface area contributed by atoms with Crippen molar-refractivity contribution in [2.45, 2.75) is 25.3 Å². The maximum atomic E-state index is 11.2. The molecule has 5 rings (SSSR count). The summed E-state index contributed by atoms with van der Waals surface area (Å²) < 4.78 is 6.04. The molecule has 136 valence electrons. The normalized spacial score (nSPS) is 22.0. The van der Waals surface area contributed by atoms with E-state index >= 15 is 0 Å². The summed E-state index contributed by atoms with van der Waals surface area (Å²) in [6, 6.07) is 15.3. The summed E-state index contributed by atoms with van der Waals surface area (Å²) in [7, 11) is 0. The van der Waals surface area contributed by atoms with E-state index in [0.29, 0.717) is 12.5 Å². The molecule has 0 radical (unpaired) electrons. The highest BCUT2D eigenvalue weighted by Gasteiger charge is 2.47. The Morgan fingerprint density at radius 2 is 2.04 bits per heavy atom. The van der Waals surface area contributed by atoms with Crippen LogP contribution in [0.25, 0.3) is 10.9 Å². The molecule has 1 N–H and O–H groups in total. The Morgan fingerprint density at radius 3 is 2.85 bits per heavy atom. The van der Waals surface area contributed by atoms with Gasteiger partial charge in [-0.15, -0.1) is 0 Å². The third-order valence-corrected chi connectivity index (χ3v) is 6.00. The molecular weight excluding hydrogens is 342 g/mol. The van der Waals surface area contributed by atoms with Crippen molar-refractivity contribution in [3.8, 4) is 5.88 Å². The van der Waals surface area contributed by atoms with Gasteiger partial charge in [-0.1, -0.05) is 32.0 Å². The van der Waals surface area contributed by atoms with Crippen LogP contribution in [0.15, 0.2) is 48.5 Å². The molecule has 27 heavy (non-hydrogen) atoms. The Bertz CT molecular complexity index is 1090. The van der Waals surface area contributed by atoms with Crippen LogP contribution in [-0.4, -0.2) is 16.5 Å². The minimum Gasteiger partial charge on any atom is -0.477 e. The van der Waals surface area contributed by atoms with Crippen molar-refractivity contribution in [2.75, 3.05) is 11.9 Å². The lowest BCUT2D eigenvalue weighted by Gasteiger charge is -2.48. The van der Waals surface area contributed by atoms with Gasteiger partial charge in [0, 0.05) is 40.1 Å². The fourth-order valence-electron chi connectivity index (χ4n) is 4.41. The molecule has 0 spiro atoms. The fourth-order valence-corrected chi connectivity index (χ4v) is 4.41. The van der Waals surface area contributed by atoms with E-state index < -0.39 is 0 Å². The quantitative estimate of drug-likeness (QED) is 0.506. The van der Waals surface area contributed by atoms with Crippen LogP contribution in [0.3, 0.4) is 0 Å². The van der Waals surface area contributed by atoms with Crippen LogP contribution in [0.1, 0.15) is 31.0 Å². The Hall–Kier alpha value is -3.15. The van der Waals surface area contributed by atoms with Crippen LogP contribution in [0, 0.1) is 16.0 Å². The molecule has 3 aromatic rings. The molecular formula is C21H19N3O3. The molecule has 6 heteroatoms. The molecule has 0 bridgehead atoms. The summed E-state index contributed by atoms with van der Waals surface area (Å²) in [6.45, 7) is 4.79. The van der Waals surface area contributed by atoms with E-state index in [1.807, 2.05) is 24.3 Å². The van der Waals surface area contributed by atoms with Crippen molar-refractivity contribution in [3.63, 3.8) is 0 Å². The van der Waals surface area contributed by atoms with Gasteiger partial charge in [-0.2, -0.15) is 0 Å². The van der Waals surface area contributed by atoms with E-state index in [4.69, 9.17) is 9.72 Å². The zero-order valence-corrected chi connectivity index (χ0v) is 15.1. The summed E-state index contributed by atoms with van der Waals surface area (Å²) in [4.78, 5) is 15.6. The van der Waals surface area contributed by atoms with Gasteiger partial charge in [0.1, 0.15) is 0 Å². The molecule has 0 saturated carbocycles. The zero-order valence-electron chi connectivity index (χ0n) is 15.1. The molecule has 2 aromatic carbocycles. The topological polar surface area (TPSA) is 77.3 Å².